The predicted molar refractivity (Wildman–Crippen MR) is 84.6 cm³/mol. The number of hydrogen-bond donors (Lipinski definition) is 0. The lowest BCUT2D eigenvalue weighted by Crippen LogP contribution is -2.06. The van der Waals surface area contributed by atoms with Crippen LogP contribution in [-0.2, 0) is 4.79 Å². The smallest absolute Gasteiger partial charge is 0.347 e. The van der Waals surface area contributed by atoms with E-state index in [9.17, 15) is 24.0 Å². The zero-order chi connectivity index (χ0) is 17.8. The minimum atomic E-state index is -0.815. The summed E-state index contributed by atoms with van der Waals surface area (Å²) in [5, 5.41) is 0. The van der Waals surface area contributed by atoms with Crippen molar-refractivity contribution in [1.29, 1.82) is 0 Å². The lowest BCUT2D eigenvalue weighted by molar-refractivity contribution is -0.111. The van der Waals surface area contributed by atoms with Crippen LogP contribution in [0.25, 0.3) is 16.9 Å². The number of hydrogen-bond acceptors (Lipinski definition) is 6. The predicted octanol–water partition coefficient (Wildman–Crippen LogP) is 2.32. The van der Waals surface area contributed by atoms with Crippen LogP contribution in [0, 0.1) is 0 Å². The van der Waals surface area contributed by atoms with E-state index in [1.54, 1.807) is 0 Å². The molecule has 2 aliphatic carbocycles. The van der Waals surface area contributed by atoms with Gasteiger partial charge in [0.05, 0.1) is 0 Å². The lowest BCUT2D eigenvalue weighted by atomic mass is 10.00. The van der Waals surface area contributed by atoms with Crippen molar-refractivity contribution in [2.45, 2.75) is 20.8 Å². The van der Waals surface area contributed by atoms with Gasteiger partial charge in [-0.3, -0.25) is 19.2 Å². The molecule has 0 bridgehead atoms. The van der Waals surface area contributed by atoms with Crippen molar-refractivity contribution in [3.63, 3.8) is 0 Å². The van der Waals surface area contributed by atoms with Crippen LogP contribution in [0.2, 0.25) is 0 Å². The van der Waals surface area contributed by atoms with Gasteiger partial charge >= 0.3 is 5.63 Å². The molecule has 0 aromatic heterocycles. The van der Waals surface area contributed by atoms with Gasteiger partial charge < -0.3 is 4.42 Å². The maximum atomic E-state index is 12.3. The average Bonchev–Trinajstić information content (AvgIpc) is 2.89. The van der Waals surface area contributed by atoms with Crippen LogP contribution in [0.3, 0.4) is 0 Å². The molecule has 0 saturated heterocycles. The molecule has 24 heavy (non-hydrogen) atoms. The second kappa shape index (κ2) is 5.19. The fourth-order valence-electron chi connectivity index (χ4n) is 2.92. The molecule has 0 saturated carbocycles. The summed E-state index contributed by atoms with van der Waals surface area (Å²) in [5.41, 5.74) is -0.306. The molecule has 1 heterocycles. The van der Waals surface area contributed by atoms with Crippen LogP contribution in [0.1, 0.15) is 57.4 Å². The van der Waals surface area contributed by atoms with Crippen molar-refractivity contribution < 1.29 is 23.6 Å². The van der Waals surface area contributed by atoms with Gasteiger partial charge in [-0.05, 0) is 44.5 Å². The largest absolute Gasteiger partial charge is 0.422 e. The number of ketones is 4. The number of carbonyl (C=O) groups is 4. The van der Waals surface area contributed by atoms with Crippen LogP contribution in [0.4, 0.5) is 0 Å². The fourth-order valence-corrected chi connectivity index (χ4v) is 2.92. The Morgan fingerprint density at radius 2 is 1.54 bits per heavy atom. The molecule has 6 nitrogen and oxygen atoms in total. The summed E-state index contributed by atoms with van der Waals surface area (Å²) >= 11 is 0. The van der Waals surface area contributed by atoms with Gasteiger partial charge in [-0.25, -0.2) is 4.79 Å². The highest BCUT2D eigenvalue weighted by Gasteiger charge is 2.31. The first-order valence-electron chi connectivity index (χ1n) is 7.16. The standard InChI is InChI=1S/C18H12O6/c1-7(19)10-5-14(22)17-11(8(2)20)6-15-13(4-12(10)17)16(9(3)21)18(23)24-15/h4-6H,1-3H3. The second-order valence-corrected chi connectivity index (χ2v) is 5.62. The molecule has 3 aliphatic rings. The first-order valence-corrected chi connectivity index (χ1v) is 7.16. The Hall–Kier alpha value is -3.15. The minimum absolute atomic E-state index is 0.0282. The summed E-state index contributed by atoms with van der Waals surface area (Å²) in [6, 6.07) is 2.68. The molecule has 1 aliphatic heterocycles. The molecule has 0 radical (unpaired) electrons. The highest BCUT2D eigenvalue weighted by atomic mass is 16.4. The first kappa shape index (κ1) is 15.7. The molecular weight excluding hydrogens is 312 g/mol. The van der Waals surface area contributed by atoms with E-state index < -0.39 is 23.0 Å². The van der Waals surface area contributed by atoms with Crippen molar-refractivity contribution >= 4 is 28.7 Å². The van der Waals surface area contributed by atoms with Crippen molar-refractivity contribution in [1.82, 2.24) is 0 Å². The number of rotatable bonds is 3. The molecule has 3 rings (SSSR count). The number of allylic oxidation sites excluding steroid dienone is 2. The van der Waals surface area contributed by atoms with E-state index in [0.29, 0.717) is 0 Å². The van der Waals surface area contributed by atoms with Crippen LogP contribution in [-0.4, -0.2) is 23.1 Å². The van der Waals surface area contributed by atoms with Gasteiger partial charge in [-0.2, -0.15) is 0 Å². The van der Waals surface area contributed by atoms with Crippen LogP contribution < -0.4 is 5.63 Å². The molecule has 6 heteroatoms. The van der Waals surface area contributed by atoms with E-state index >= 15 is 0 Å². The van der Waals surface area contributed by atoms with Gasteiger partial charge in [-0.1, -0.05) is 0 Å². The van der Waals surface area contributed by atoms with Gasteiger partial charge in [-0.15, -0.1) is 0 Å². The summed E-state index contributed by atoms with van der Waals surface area (Å²) in [5.74, 6) is -1.71. The molecule has 0 amide bonds. The quantitative estimate of drug-likeness (QED) is 0.803. The van der Waals surface area contributed by atoms with Crippen LogP contribution in [0.15, 0.2) is 27.4 Å². The van der Waals surface area contributed by atoms with Gasteiger partial charge in [0.15, 0.2) is 23.1 Å². The molecule has 0 unspecified atom stereocenters. The number of Topliss-reactive ketones (excluding diaryl/α,β-unsaturated/α-hetero) is 3. The minimum Gasteiger partial charge on any atom is -0.422 e. The number of fused-ring (bicyclic) bond motifs is 2. The second-order valence-electron chi connectivity index (χ2n) is 5.62. The topological polar surface area (TPSA) is 98.5 Å². The van der Waals surface area contributed by atoms with Crippen molar-refractivity contribution in [2.24, 2.45) is 0 Å². The molecule has 0 spiro atoms. The summed E-state index contributed by atoms with van der Waals surface area (Å²) in [4.78, 5) is 59.8. The third-order valence-corrected chi connectivity index (χ3v) is 3.97. The molecule has 0 atom stereocenters. The Morgan fingerprint density at radius 1 is 0.875 bits per heavy atom. The Morgan fingerprint density at radius 3 is 2.08 bits per heavy atom. The summed E-state index contributed by atoms with van der Waals surface area (Å²) < 4.78 is 5.08. The van der Waals surface area contributed by atoms with Gasteiger partial charge in [0.25, 0.3) is 0 Å². The monoisotopic (exact) mass is 324 g/mol. The van der Waals surface area contributed by atoms with Gasteiger partial charge in [0, 0.05) is 22.3 Å². The Balaban J connectivity index is 2.52. The van der Waals surface area contributed by atoms with Gasteiger partial charge in [0.1, 0.15) is 11.3 Å². The highest BCUT2D eigenvalue weighted by Crippen LogP contribution is 2.36. The fraction of sp³-hybridized carbons (Fsp3) is 0.167. The van der Waals surface area contributed by atoms with E-state index in [1.165, 1.54) is 32.9 Å². The highest BCUT2D eigenvalue weighted by molar-refractivity contribution is 6.34. The van der Waals surface area contributed by atoms with Crippen molar-refractivity contribution in [2.75, 3.05) is 0 Å². The van der Waals surface area contributed by atoms with E-state index in [1.807, 2.05) is 0 Å². The normalized spacial score (nSPS) is 13.0. The van der Waals surface area contributed by atoms with E-state index in [0.717, 1.165) is 6.08 Å². The summed E-state index contributed by atoms with van der Waals surface area (Å²) in [6.45, 7) is 3.79. The third kappa shape index (κ3) is 2.15. The van der Waals surface area contributed by atoms with Crippen molar-refractivity contribution in [3.8, 4) is 11.3 Å². The maximum absolute atomic E-state index is 12.3. The maximum Gasteiger partial charge on any atom is 0.347 e. The number of carbonyl (C=O) groups excluding carboxylic acids is 4. The SMILES string of the molecule is CC(=O)C1=CC(=O)c2c(C(C)=O)cc3oc(=O)c(C(C)=O)c-3cc21. The molecule has 0 aromatic rings. The summed E-state index contributed by atoms with van der Waals surface area (Å²) in [6.07, 6.45) is 1.16. The average molecular weight is 324 g/mol. The van der Waals surface area contributed by atoms with Crippen LogP contribution in [0.5, 0.6) is 0 Å². The lowest BCUT2D eigenvalue weighted by Gasteiger charge is -2.01. The Bertz CT molecular complexity index is 1020. The molecule has 0 fully saturated rings. The number of furan rings is 1. The third-order valence-electron chi connectivity index (χ3n) is 3.97. The molecule has 0 N–H and O–H groups in total. The van der Waals surface area contributed by atoms with E-state index in [4.69, 9.17) is 4.42 Å². The first-order chi connectivity index (χ1) is 11.2. The molecule has 120 valence electrons. The van der Waals surface area contributed by atoms with Gasteiger partial charge in [0.2, 0.25) is 0 Å². The Kier molecular flexibility index (Phi) is 3.41. The molecular formula is C18H12O6. The zero-order valence-electron chi connectivity index (χ0n) is 13.2. The van der Waals surface area contributed by atoms with E-state index in [-0.39, 0.29) is 44.9 Å². The Labute approximate surface area is 136 Å². The zero-order valence-corrected chi connectivity index (χ0v) is 13.2. The molecule has 0 aromatic carbocycles. The van der Waals surface area contributed by atoms with Crippen molar-refractivity contribution in [3.05, 3.63) is 50.9 Å². The summed E-state index contributed by atoms with van der Waals surface area (Å²) in [7, 11) is 0. The van der Waals surface area contributed by atoms with E-state index in [2.05, 4.69) is 0 Å². The van der Waals surface area contributed by atoms with Crippen LogP contribution >= 0.6 is 0 Å².